The molecule has 1 rings (SSSR count). The van der Waals surface area contributed by atoms with Gasteiger partial charge in [0.25, 0.3) is 5.91 Å². The van der Waals surface area contributed by atoms with E-state index in [0.29, 0.717) is 18.7 Å². The molecule has 2 N–H and O–H groups in total. The van der Waals surface area contributed by atoms with Crippen LogP contribution in [0.3, 0.4) is 0 Å². The zero-order valence-electron chi connectivity index (χ0n) is 13.0. The van der Waals surface area contributed by atoms with Crippen LogP contribution in [0.5, 0.6) is 0 Å². The summed E-state index contributed by atoms with van der Waals surface area (Å²) < 4.78 is 5.41. The van der Waals surface area contributed by atoms with Gasteiger partial charge < -0.3 is 15.4 Å². The lowest BCUT2D eigenvalue weighted by Gasteiger charge is -2.15. The summed E-state index contributed by atoms with van der Waals surface area (Å²) in [5, 5.41) is 6.22. The predicted octanol–water partition coefficient (Wildman–Crippen LogP) is 2.97. The van der Waals surface area contributed by atoms with Crippen molar-refractivity contribution >= 4 is 11.6 Å². The molecule has 0 aromatic heterocycles. The van der Waals surface area contributed by atoms with Gasteiger partial charge in [0.15, 0.2) is 0 Å². The molecule has 4 heteroatoms. The lowest BCUT2D eigenvalue weighted by atomic mass is 10.1. The first-order chi connectivity index (χ1) is 9.58. The monoisotopic (exact) mass is 278 g/mol. The second-order valence-electron chi connectivity index (χ2n) is 4.95. The van der Waals surface area contributed by atoms with Crippen LogP contribution in [-0.4, -0.2) is 31.7 Å². The van der Waals surface area contributed by atoms with Crippen LogP contribution in [-0.2, 0) is 4.74 Å². The van der Waals surface area contributed by atoms with E-state index < -0.39 is 0 Å². The summed E-state index contributed by atoms with van der Waals surface area (Å²) in [4.78, 5) is 12.2. The summed E-state index contributed by atoms with van der Waals surface area (Å²) in [6, 6.07) is 5.84. The number of carbonyl (C=O) groups excluding carboxylic acids is 1. The Morgan fingerprint density at radius 2 is 2.10 bits per heavy atom. The molecule has 0 saturated heterocycles. The molecule has 0 aliphatic heterocycles. The standard InChI is InChI=1S/C16H26N2O2/c1-5-9-17-15-10-12(3)7-8-14(15)16(19)18-11-13(4)20-6-2/h7-8,10,13,17H,5-6,9,11H2,1-4H3,(H,18,19). The number of carbonyl (C=O) groups is 1. The summed E-state index contributed by atoms with van der Waals surface area (Å²) >= 11 is 0. The molecule has 0 spiro atoms. The molecule has 1 amide bonds. The molecule has 0 aliphatic rings. The third-order valence-corrected chi connectivity index (χ3v) is 2.99. The number of benzene rings is 1. The Balaban J connectivity index is 2.71. The maximum absolute atomic E-state index is 12.2. The second kappa shape index (κ2) is 8.59. The van der Waals surface area contributed by atoms with Crippen molar-refractivity contribution in [1.29, 1.82) is 0 Å². The summed E-state index contributed by atoms with van der Waals surface area (Å²) in [6.07, 6.45) is 1.05. The van der Waals surface area contributed by atoms with Gasteiger partial charge in [-0.3, -0.25) is 4.79 Å². The summed E-state index contributed by atoms with van der Waals surface area (Å²) in [5.41, 5.74) is 2.73. The number of anilines is 1. The van der Waals surface area contributed by atoms with Gasteiger partial charge in [-0.2, -0.15) is 0 Å². The van der Waals surface area contributed by atoms with Crippen LogP contribution in [0.4, 0.5) is 5.69 Å². The zero-order valence-corrected chi connectivity index (χ0v) is 13.0. The largest absolute Gasteiger partial charge is 0.384 e. The van der Waals surface area contributed by atoms with Gasteiger partial charge in [-0.1, -0.05) is 13.0 Å². The molecule has 0 heterocycles. The highest BCUT2D eigenvalue weighted by Gasteiger charge is 2.12. The van der Waals surface area contributed by atoms with Gasteiger partial charge in [-0.15, -0.1) is 0 Å². The molecule has 0 bridgehead atoms. The fourth-order valence-electron chi connectivity index (χ4n) is 1.94. The van der Waals surface area contributed by atoms with Crippen LogP contribution < -0.4 is 10.6 Å². The van der Waals surface area contributed by atoms with Crippen LogP contribution in [0, 0.1) is 6.92 Å². The highest BCUT2D eigenvalue weighted by molar-refractivity contribution is 5.99. The predicted molar refractivity (Wildman–Crippen MR) is 83.4 cm³/mol. The Morgan fingerprint density at radius 1 is 1.35 bits per heavy atom. The van der Waals surface area contributed by atoms with Crippen LogP contribution in [0.25, 0.3) is 0 Å². The number of nitrogens with one attached hydrogen (secondary N) is 2. The second-order valence-corrected chi connectivity index (χ2v) is 4.95. The molecule has 0 radical (unpaired) electrons. The normalized spacial score (nSPS) is 12.0. The number of amides is 1. The summed E-state index contributed by atoms with van der Waals surface area (Å²) in [6.45, 7) is 10.1. The van der Waals surface area contributed by atoms with Crippen molar-refractivity contribution in [3.05, 3.63) is 29.3 Å². The number of hydrogen-bond acceptors (Lipinski definition) is 3. The smallest absolute Gasteiger partial charge is 0.253 e. The van der Waals surface area contributed by atoms with E-state index in [1.165, 1.54) is 0 Å². The molecular formula is C16H26N2O2. The van der Waals surface area contributed by atoms with E-state index in [1.807, 2.05) is 39.0 Å². The summed E-state index contributed by atoms with van der Waals surface area (Å²) in [5.74, 6) is -0.0600. The fourth-order valence-corrected chi connectivity index (χ4v) is 1.94. The Morgan fingerprint density at radius 3 is 2.75 bits per heavy atom. The van der Waals surface area contributed by atoms with Crippen molar-refractivity contribution in [1.82, 2.24) is 5.32 Å². The van der Waals surface area contributed by atoms with Gasteiger partial charge in [0.1, 0.15) is 0 Å². The molecule has 20 heavy (non-hydrogen) atoms. The molecule has 1 aromatic carbocycles. The Hall–Kier alpha value is -1.55. The lowest BCUT2D eigenvalue weighted by Crippen LogP contribution is -2.32. The van der Waals surface area contributed by atoms with Crippen molar-refractivity contribution < 1.29 is 9.53 Å². The maximum atomic E-state index is 12.2. The van der Waals surface area contributed by atoms with E-state index in [9.17, 15) is 4.79 Å². The number of rotatable bonds is 8. The van der Waals surface area contributed by atoms with Crippen molar-refractivity contribution in [3.8, 4) is 0 Å². The Kier molecular flexibility index (Phi) is 7.09. The van der Waals surface area contributed by atoms with Gasteiger partial charge >= 0.3 is 0 Å². The first kappa shape index (κ1) is 16.5. The highest BCUT2D eigenvalue weighted by atomic mass is 16.5. The topological polar surface area (TPSA) is 50.4 Å². The first-order valence-corrected chi connectivity index (χ1v) is 7.32. The van der Waals surface area contributed by atoms with Gasteiger partial charge in [-0.05, 0) is 44.9 Å². The minimum absolute atomic E-state index is 0.0291. The first-order valence-electron chi connectivity index (χ1n) is 7.32. The average molecular weight is 278 g/mol. The SMILES string of the molecule is CCCNc1cc(C)ccc1C(=O)NCC(C)OCC. The molecule has 4 nitrogen and oxygen atoms in total. The lowest BCUT2D eigenvalue weighted by molar-refractivity contribution is 0.0695. The average Bonchev–Trinajstić information content (AvgIpc) is 2.43. The number of hydrogen-bond donors (Lipinski definition) is 2. The van der Waals surface area contributed by atoms with Crippen molar-refractivity contribution in [2.45, 2.75) is 40.2 Å². The molecule has 0 saturated carbocycles. The molecule has 1 atom stereocenters. The van der Waals surface area contributed by atoms with Gasteiger partial charge in [0.2, 0.25) is 0 Å². The summed E-state index contributed by atoms with van der Waals surface area (Å²) in [7, 11) is 0. The van der Waals surface area contributed by atoms with E-state index in [0.717, 1.165) is 24.2 Å². The maximum Gasteiger partial charge on any atom is 0.253 e. The number of ether oxygens (including phenoxy) is 1. The van der Waals surface area contributed by atoms with Gasteiger partial charge in [0.05, 0.1) is 11.7 Å². The zero-order chi connectivity index (χ0) is 15.0. The minimum atomic E-state index is -0.0600. The van der Waals surface area contributed by atoms with E-state index in [1.54, 1.807) is 0 Å². The molecule has 112 valence electrons. The van der Waals surface area contributed by atoms with Crippen LogP contribution >= 0.6 is 0 Å². The third kappa shape index (κ3) is 5.21. The molecular weight excluding hydrogens is 252 g/mol. The van der Waals surface area contributed by atoms with Crippen LogP contribution in [0.1, 0.15) is 43.1 Å². The Labute approximate surface area is 121 Å². The van der Waals surface area contributed by atoms with Crippen molar-refractivity contribution in [2.75, 3.05) is 25.0 Å². The highest BCUT2D eigenvalue weighted by Crippen LogP contribution is 2.17. The Bertz CT molecular complexity index is 432. The third-order valence-electron chi connectivity index (χ3n) is 2.99. The van der Waals surface area contributed by atoms with Crippen molar-refractivity contribution in [2.24, 2.45) is 0 Å². The molecule has 1 aromatic rings. The molecule has 0 aliphatic carbocycles. The van der Waals surface area contributed by atoms with Gasteiger partial charge in [-0.25, -0.2) is 0 Å². The van der Waals surface area contributed by atoms with Crippen LogP contribution in [0.15, 0.2) is 18.2 Å². The quantitative estimate of drug-likeness (QED) is 0.768. The molecule has 1 unspecified atom stereocenters. The van der Waals surface area contributed by atoms with E-state index in [2.05, 4.69) is 17.6 Å². The van der Waals surface area contributed by atoms with E-state index in [4.69, 9.17) is 4.74 Å². The molecule has 0 fully saturated rings. The van der Waals surface area contributed by atoms with E-state index >= 15 is 0 Å². The fraction of sp³-hybridized carbons (Fsp3) is 0.562. The minimum Gasteiger partial charge on any atom is -0.384 e. The van der Waals surface area contributed by atoms with Gasteiger partial charge in [0, 0.05) is 25.4 Å². The van der Waals surface area contributed by atoms with Crippen LogP contribution in [0.2, 0.25) is 0 Å². The number of aryl methyl sites for hydroxylation is 1. The van der Waals surface area contributed by atoms with Crippen molar-refractivity contribution in [3.63, 3.8) is 0 Å². The van der Waals surface area contributed by atoms with E-state index in [-0.39, 0.29) is 12.0 Å².